The summed E-state index contributed by atoms with van der Waals surface area (Å²) in [5.74, 6) is -0.937. The highest BCUT2D eigenvalue weighted by molar-refractivity contribution is 5.30. The summed E-state index contributed by atoms with van der Waals surface area (Å²) in [7, 11) is 0. The lowest BCUT2D eigenvalue weighted by Gasteiger charge is -2.08. The van der Waals surface area contributed by atoms with Crippen molar-refractivity contribution in [3.8, 4) is 12.1 Å². The topological polar surface area (TPSA) is 84.8 Å². The van der Waals surface area contributed by atoms with Gasteiger partial charge in [0.1, 0.15) is 6.61 Å². The SMILES string of the molecule is N#CCc1ccccc1COc1ncc(F)c(N)n1. The molecule has 5 nitrogen and oxygen atoms in total. The van der Waals surface area contributed by atoms with Crippen molar-refractivity contribution < 1.29 is 9.13 Å². The van der Waals surface area contributed by atoms with E-state index in [2.05, 4.69) is 16.0 Å². The minimum Gasteiger partial charge on any atom is -0.459 e. The van der Waals surface area contributed by atoms with Gasteiger partial charge in [0.2, 0.25) is 0 Å². The Kier molecular flexibility index (Phi) is 3.88. The summed E-state index contributed by atoms with van der Waals surface area (Å²) in [6.45, 7) is 0.197. The molecule has 0 fully saturated rings. The average Bonchev–Trinajstić information content (AvgIpc) is 2.42. The smallest absolute Gasteiger partial charge is 0.318 e. The fourth-order valence-electron chi connectivity index (χ4n) is 1.53. The summed E-state index contributed by atoms with van der Waals surface area (Å²) in [4.78, 5) is 7.34. The fraction of sp³-hybridized carbons (Fsp3) is 0.154. The van der Waals surface area contributed by atoms with E-state index < -0.39 is 5.82 Å². The maximum atomic E-state index is 12.9. The molecule has 0 spiro atoms. The first-order valence-corrected chi connectivity index (χ1v) is 5.55. The lowest BCUT2D eigenvalue weighted by molar-refractivity contribution is 0.279. The Balaban J connectivity index is 2.10. The van der Waals surface area contributed by atoms with Gasteiger partial charge in [-0.25, -0.2) is 9.37 Å². The highest BCUT2D eigenvalue weighted by atomic mass is 19.1. The van der Waals surface area contributed by atoms with Crippen LogP contribution in [0.5, 0.6) is 6.01 Å². The summed E-state index contributed by atoms with van der Waals surface area (Å²) < 4.78 is 18.2. The number of benzene rings is 1. The van der Waals surface area contributed by atoms with Crippen LogP contribution in [0.2, 0.25) is 0 Å². The lowest BCUT2D eigenvalue weighted by Crippen LogP contribution is -2.05. The van der Waals surface area contributed by atoms with Gasteiger partial charge in [0.25, 0.3) is 0 Å². The third-order valence-corrected chi connectivity index (χ3v) is 2.49. The third kappa shape index (κ3) is 3.16. The minimum atomic E-state index is -0.683. The molecule has 0 atom stereocenters. The van der Waals surface area contributed by atoms with E-state index in [1.165, 1.54) is 0 Å². The van der Waals surface area contributed by atoms with Gasteiger partial charge in [-0.1, -0.05) is 24.3 Å². The average molecular weight is 258 g/mol. The standard InChI is InChI=1S/C13H11FN4O/c14-11-7-17-13(18-12(11)16)19-8-10-4-2-1-3-9(10)5-6-15/h1-4,7H,5,8H2,(H2,16,17,18). The van der Waals surface area contributed by atoms with Crippen LogP contribution in [-0.4, -0.2) is 9.97 Å². The number of hydrogen-bond acceptors (Lipinski definition) is 5. The van der Waals surface area contributed by atoms with E-state index in [4.69, 9.17) is 15.7 Å². The molecule has 0 unspecified atom stereocenters. The van der Waals surface area contributed by atoms with Crippen molar-refractivity contribution in [3.05, 3.63) is 47.4 Å². The van der Waals surface area contributed by atoms with Gasteiger partial charge < -0.3 is 10.5 Å². The number of anilines is 1. The Bertz CT molecular complexity index is 624. The number of nitrogen functional groups attached to an aromatic ring is 1. The zero-order chi connectivity index (χ0) is 13.7. The quantitative estimate of drug-likeness (QED) is 0.904. The van der Waals surface area contributed by atoms with E-state index >= 15 is 0 Å². The maximum Gasteiger partial charge on any atom is 0.318 e. The van der Waals surface area contributed by atoms with E-state index in [1.807, 2.05) is 24.3 Å². The predicted octanol–water partition coefficient (Wildman–Crippen LogP) is 1.84. The third-order valence-electron chi connectivity index (χ3n) is 2.49. The largest absolute Gasteiger partial charge is 0.459 e. The van der Waals surface area contributed by atoms with Crippen LogP contribution in [0.15, 0.2) is 30.5 Å². The Morgan fingerprint density at radius 1 is 1.32 bits per heavy atom. The van der Waals surface area contributed by atoms with Gasteiger partial charge >= 0.3 is 6.01 Å². The molecule has 96 valence electrons. The van der Waals surface area contributed by atoms with Crippen molar-refractivity contribution in [1.29, 1.82) is 5.26 Å². The van der Waals surface area contributed by atoms with Crippen molar-refractivity contribution in [2.24, 2.45) is 0 Å². The van der Waals surface area contributed by atoms with Crippen LogP contribution < -0.4 is 10.5 Å². The van der Waals surface area contributed by atoms with E-state index in [0.29, 0.717) is 6.42 Å². The molecule has 2 N–H and O–H groups in total. The van der Waals surface area contributed by atoms with Crippen LogP contribution in [0.4, 0.5) is 10.2 Å². The molecule has 0 amide bonds. The normalized spacial score (nSPS) is 9.89. The number of ether oxygens (including phenoxy) is 1. The molecular formula is C13H11FN4O. The van der Waals surface area contributed by atoms with Crippen LogP contribution in [0, 0.1) is 17.1 Å². The highest BCUT2D eigenvalue weighted by Gasteiger charge is 2.06. The molecule has 1 aromatic heterocycles. The van der Waals surface area contributed by atoms with Gasteiger partial charge in [-0.2, -0.15) is 10.2 Å². The highest BCUT2D eigenvalue weighted by Crippen LogP contribution is 2.14. The second-order valence-electron chi connectivity index (χ2n) is 3.78. The van der Waals surface area contributed by atoms with Crippen molar-refractivity contribution in [2.45, 2.75) is 13.0 Å². The fourth-order valence-corrected chi connectivity index (χ4v) is 1.53. The van der Waals surface area contributed by atoms with Gasteiger partial charge in [-0.05, 0) is 11.1 Å². The summed E-state index contributed by atoms with van der Waals surface area (Å²) in [6.07, 6.45) is 1.25. The summed E-state index contributed by atoms with van der Waals surface area (Å²) in [5, 5.41) is 8.72. The van der Waals surface area contributed by atoms with Crippen LogP contribution in [0.3, 0.4) is 0 Å². The number of nitrogens with zero attached hydrogens (tertiary/aromatic N) is 3. The molecule has 1 aromatic carbocycles. The van der Waals surface area contributed by atoms with Crippen molar-refractivity contribution in [1.82, 2.24) is 9.97 Å². The lowest BCUT2D eigenvalue weighted by atomic mass is 10.1. The first-order chi connectivity index (χ1) is 9.20. The molecule has 0 saturated heterocycles. The first kappa shape index (κ1) is 12.8. The molecule has 0 radical (unpaired) electrons. The Morgan fingerprint density at radius 2 is 2.05 bits per heavy atom. The summed E-state index contributed by atoms with van der Waals surface area (Å²) >= 11 is 0. The molecule has 0 aliphatic carbocycles. The van der Waals surface area contributed by atoms with Crippen LogP contribution in [0.1, 0.15) is 11.1 Å². The number of aromatic nitrogens is 2. The van der Waals surface area contributed by atoms with Gasteiger partial charge in [-0.15, -0.1) is 0 Å². The van der Waals surface area contributed by atoms with E-state index in [0.717, 1.165) is 17.3 Å². The van der Waals surface area contributed by atoms with Gasteiger partial charge in [0.15, 0.2) is 11.6 Å². The second-order valence-corrected chi connectivity index (χ2v) is 3.78. The molecule has 2 rings (SSSR count). The molecule has 0 saturated carbocycles. The number of rotatable bonds is 4. The molecule has 6 heteroatoms. The Hall–Kier alpha value is -2.68. The monoisotopic (exact) mass is 258 g/mol. The molecule has 0 aliphatic rings. The minimum absolute atomic E-state index is 0.00524. The number of nitrogens with two attached hydrogens (primary N) is 1. The van der Waals surface area contributed by atoms with Gasteiger partial charge in [0.05, 0.1) is 18.7 Å². The molecule has 2 aromatic rings. The van der Waals surface area contributed by atoms with E-state index in [1.54, 1.807) is 0 Å². The summed E-state index contributed by atoms with van der Waals surface area (Å²) in [6, 6.07) is 9.48. The van der Waals surface area contributed by atoms with E-state index in [9.17, 15) is 4.39 Å². The molecular weight excluding hydrogens is 247 g/mol. The van der Waals surface area contributed by atoms with Crippen LogP contribution in [-0.2, 0) is 13.0 Å². The molecule has 0 bridgehead atoms. The maximum absolute atomic E-state index is 12.9. The zero-order valence-electron chi connectivity index (χ0n) is 10.0. The van der Waals surface area contributed by atoms with Gasteiger partial charge in [0, 0.05) is 0 Å². The zero-order valence-corrected chi connectivity index (χ0v) is 10.0. The number of hydrogen-bond donors (Lipinski definition) is 1. The van der Waals surface area contributed by atoms with Crippen molar-refractivity contribution in [2.75, 3.05) is 5.73 Å². The Morgan fingerprint density at radius 3 is 2.74 bits per heavy atom. The van der Waals surface area contributed by atoms with Crippen molar-refractivity contribution >= 4 is 5.82 Å². The molecule has 0 aliphatic heterocycles. The van der Waals surface area contributed by atoms with Gasteiger partial charge in [-0.3, -0.25) is 0 Å². The number of nitriles is 1. The first-order valence-electron chi connectivity index (χ1n) is 5.55. The number of halogens is 1. The van der Waals surface area contributed by atoms with E-state index in [-0.39, 0.29) is 18.4 Å². The molecule has 1 heterocycles. The summed E-state index contributed by atoms with van der Waals surface area (Å²) in [5.41, 5.74) is 7.05. The van der Waals surface area contributed by atoms with Crippen LogP contribution >= 0.6 is 0 Å². The molecule has 19 heavy (non-hydrogen) atoms. The second kappa shape index (κ2) is 5.78. The van der Waals surface area contributed by atoms with Crippen molar-refractivity contribution in [3.63, 3.8) is 0 Å². The predicted molar refractivity (Wildman–Crippen MR) is 66.5 cm³/mol. The van der Waals surface area contributed by atoms with Crippen LogP contribution in [0.25, 0.3) is 0 Å². The Labute approximate surface area is 109 Å².